The van der Waals surface area contributed by atoms with Crippen LogP contribution in [-0.2, 0) is 0 Å². The van der Waals surface area contributed by atoms with Gasteiger partial charge >= 0.3 is 0 Å². The van der Waals surface area contributed by atoms with Crippen LogP contribution < -0.4 is 0 Å². The summed E-state index contributed by atoms with van der Waals surface area (Å²) in [4.78, 5) is 19.3. The fourth-order valence-electron chi connectivity index (χ4n) is 7.22. The Morgan fingerprint density at radius 3 is 1.62 bits per heavy atom. The molecule has 10 aromatic rings. The largest absolute Gasteiger partial charge is 0.308 e. The maximum Gasteiger partial charge on any atom is 0.0963 e. The molecule has 0 amide bonds. The second-order valence-electron chi connectivity index (χ2n) is 12.4. The number of benzene rings is 4. The normalized spacial score (nSPS) is 11.6. The number of fused-ring (bicyclic) bond motifs is 6. The van der Waals surface area contributed by atoms with E-state index >= 15 is 0 Å². The molecular formula is C44H28N6. The third-order valence-electron chi connectivity index (χ3n) is 9.47. The van der Waals surface area contributed by atoms with Crippen molar-refractivity contribution in [2.45, 2.75) is 0 Å². The Bertz CT molecular complexity index is 2760. The second kappa shape index (κ2) is 11.4. The molecule has 234 valence electrons. The van der Waals surface area contributed by atoms with Crippen LogP contribution in [0.5, 0.6) is 0 Å². The number of pyridine rings is 4. The van der Waals surface area contributed by atoms with E-state index in [2.05, 4.69) is 135 Å². The molecule has 0 spiro atoms. The van der Waals surface area contributed by atoms with Gasteiger partial charge in [-0.05, 0) is 96.1 Å². The smallest absolute Gasteiger partial charge is 0.0963 e. The van der Waals surface area contributed by atoms with E-state index in [0.29, 0.717) is 0 Å². The Balaban J connectivity index is 1.11. The van der Waals surface area contributed by atoms with Crippen LogP contribution in [0.3, 0.4) is 0 Å². The van der Waals surface area contributed by atoms with Crippen molar-refractivity contribution >= 4 is 43.9 Å². The Hall–Kier alpha value is -6.92. The molecule has 6 heterocycles. The van der Waals surface area contributed by atoms with Crippen molar-refractivity contribution in [1.29, 1.82) is 0 Å². The zero-order chi connectivity index (χ0) is 33.0. The molecule has 0 aliphatic carbocycles. The predicted octanol–water partition coefficient (Wildman–Crippen LogP) is 10.5. The number of nitrogens with zero attached hydrogens (tertiary/aromatic N) is 6. The second-order valence-corrected chi connectivity index (χ2v) is 12.4. The quantitative estimate of drug-likeness (QED) is 0.188. The highest BCUT2D eigenvalue weighted by Crippen LogP contribution is 2.35. The minimum Gasteiger partial charge on any atom is -0.308 e. The molecule has 0 radical (unpaired) electrons. The number of rotatable bonds is 5. The minimum atomic E-state index is 0.821. The zero-order valence-corrected chi connectivity index (χ0v) is 26.8. The van der Waals surface area contributed by atoms with Gasteiger partial charge in [0, 0.05) is 46.3 Å². The maximum atomic E-state index is 5.18. The van der Waals surface area contributed by atoms with Crippen LogP contribution in [0.2, 0.25) is 0 Å². The van der Waals surface area contributed by atoms with Gasteiger partial charge in [0.25, 0.3) is 0 Å². The third-order valence-corrected chi connectivity index (χ3v) is 9.47. The Morgan fingerprint density at radius 2 is 0.940 bits per heavy atom. The number of para-hydroxylation sites is 2. The fourth-order valence-corrected chi connectivity index (χ4v) is 7.22. The molecule has 6 nitrogen and oxygen atoms in total. The van der Waals surface area contributed by atoms with E-state index in [0.717, 1.165) is 89.0 Å². The number of hydrogen-bond acceptors (Lipinski definition) is 4. The average Bonchev–Trinajstić information content (AvgIpc) is 3.71. The van der Waals surface area contributed by atoms with E-state index in [1.54, 1.807) is 0 Å². The van der Waals surface area contributed by atoms with Gasteiger partial charge in [-0.2, -0.15) is 0 Å². The standard InChI is InChI=1S/C44H28N6/c1-3-15-39-34(12-1)43-41(17-8-24-46-43)49(39)32-21-19-29(20-22-32)31-27-37(48-38(28-31)36-14-5-6-23-45-36)30-10-7-11-33(26-30)50-40-16-4-2-13-35(40)44-42(50)18-9-25-47-44/h1-28H. The van der Waals surface area contributed by atoms with Crippen LogP contribution in [0.1, 0.15) is 0 Å². The maximum absolute atomic E-state index is 5.18. The topological polar surface area (TPSA) is 61.4 Å². The molecule has 0 aliphatic rings. The van der Waals surface area contributed by atoms with Gasteiger partial charge in [0.2, 0.25) is 0 Å². The fraction of sp³-hybridized carbons (Fsp3) is 0. The van der Waals surface area contributed by atoms with E-state index in [4.69, 9.17) is 15.0 Å². The zero-order valence-electron chi connectivity index (χ0n) is 26.8. The highest BCUT2D eigenvalue weighted by molar-refractivity contribution is 6.08. The lowest BCUT2D eigenvalue weighted by Crippen LogP contribution is -1.96. The summed E-state index contributed by atoms with van der Waals surface area (Å²) in [6.45, 7) is 0. The van der Waals surface area contributed by atoms with Crippen LogP contribution in [0.4, 0.5) is 0 Å². The lowest BCUT2D eigenvalue weighted by molar-refractivity contribution is 1.17. The minimum absolute atomic E-state index is 0.821. The van der Waals surface area contributed by atoms with Crippen molar-refractivity contribution in [3.8, 4) is 45.1 Å². The first-order chi connectivity index (χ1) is 24.8. The molecule has 0 fully saturated rings. The molecule has 0 saturated carbocycles. The SMILES string of the molecule is c1ccc(-c2cc(-c3ccc(-n4c5ccccc5c5ncccc54)cc3)cc(-c3cccc(-n4c5ccccc5c5ncccc54)c3)n2)nc1. The molecular weight excluding hydrogens is 613 g/mol. The molecule has 0 bridgehead atoms. The lowest BCUT2D eigenvalue weighted by Gasteiger charge is -2.13. The summed E-state index contributed by atoms with van der Waals surface area (Å²) >= 11 is 0. The van der Waals surface area contributed by atoms with Gasteiger partial charge < -0.3 is 9.13 Å². The van der Waals surface area contributed by atoms with Crippen molar-refractivity contribution in [2.75, 3.05) is 0 Å². The summed E-state index contributed by atoms with van der Waals surface area (Å²) in [6.07, 6.45) is 5.53. The molecule has 50 heavy (non-hydrogen) atoms. The van der Waals surface area contributed by atoms with Gasteiger partial charge in [0.05, 0.1) is 50.2 Å². The van der Waals surface area contributed by atoms with E-state index in [9.17, 15) is 0 Å². The van der Waals surface area contributed by atoms with Gasteiger partial charge in [-0.15, -0.1) is 0 Å². The molecule has 10 rings (SSSR count). The van der Waals surface area contributed by atoms with Crippen molar-refractivity contribution in [2.24, 2.45) is 0 Å². The van der Waals surface area contributed by atoms with Crippen LogP contribution in [0, 0.1) is 0 Å². The summed E-state index contributed by atoms with van der Waals surface area (Å²) in [5.41, 5.74) is 14.3. The number of hydrogen-bond donors (Lipinski definition) is 0. The molecule has 0 saturated heterocycles. The highest BCUT2D eigenvalue weighted by atomic mass is 15.0. The Morgan fingerprint density at radius 1 is 0.340 bits per heavy atom. The van der Waals surface area contributed by atoms with Crippen molar-refractivity contribution in [3.63, 3.8) is 0 Å². The number of aromatic nitrogens is 6. The molecule has 4 aromatic carbocycles. The first-order valence-corrected chi connectivity index (χ1v) is 16.6. The highest BCUT2D eigenvalue weighted by Gasteiger charge is 2.16. The Labute approximate surface area is 287 Å². The van der Waals surface area contributed by atoms with Gasteiger partial charge in [-0.1, -0.05) is 66.7 Å². The van der Waals surface area contributed by atoms with Crippen LogP contribution in [0.15, 0.2) is 170 Å². The average molecular weight is 641 g/mol. The van der Waals surface area contributed by atoms with Crippen molar-refractivity contribution in [1.82, 2.24) is 29.1 Å². The lowest BCUT2D eigenvalue weighted by atomic mass is 10.0. The third kappa shape index (κ3) is 4.50. The van der Waals surface area contributed by atoms with E-state index in [-0.39, 0.29) is 0 Å². The van der Waals surface area contributed by atoms with E-state index < -0.39 is 0 Å². The first-order valence-electron chi connectivity index (χ1n) is 16.6. The van der Waals surface area contributed by atoms with Crippen LogP contribution in [-0.4, -0.2) is 29.1 Å². The summed E-state index contributed by atoms with van der Waals surface area (Å²) < 4.78 is 4.57. The van der Waals surface area contributed by atoms with Crippen LogP contribution >= 0.6 is 0 Å². The molecule has 6 aromatic heterocycles. The molecule has 0 unspecified atom stereocenters. The summed E-state index contributed by atoms with van der Waals surface area (Å²) in [7, 11) is 0. The molecule has 0 N–H and O–H groups in total. The summed E-state index contributed by atoms with van der Waals surface area (Å²) in [5, 5.41) is 2.28. The van der Waals surface area contributed by atoms with Gasteiger partial charge in [-0.25, -0.2) is 4.98 Å². The van der Waals surface area contributed by atoms with Crippen molar-refractivity contribution < 1.29 is 0 Å². The molecule has 0 aliphatic heterocycles. The van der Waals surface area contributed by atoms with E-state index in [1.807, 2.05) is 48.9 Å². The Kier molecular flexibility index (Phi) is 6.39. The van der Waals surface area contributed by atoms with Crippen molar-refractivity contribution in [3.05, 3.63) is 170 Å². The van der Waals surface area contributed by atoms with Gasteiger partial charge in [0.15, 0.2) is 0 Å². The monoisotopic (exact) mass is 640 g/mol. The molecule has 6 heteroatoms. The summed E-state index contributed by atoms with van der Waals surface area (Å²) in [5.74, 6) is 0. The molecule has 0 atom stereocenters. The summed E-state index contributed by atoms with van der Waals surface area (Å²) in [6, 6.07) is 52.7. The van der Waals surface area contributed by atoms with Gasteiger partial charge in [-0.3, -0.25) is 15.0 Å². The van der Waals surface area contributed by atoms with Crippen LogP contribution in [0.25, 0.3) is 89.0 Å². The van der Waals surface area contributed by atoms with E-state index in [1.165, 1.54) is 0 Å². The first kappa shape index (κ1) is 28.1. The van der Waals surface area contributed by atoms with Gasteiger partial charge in [0.1, 0.15) is 0 Å². The predicted molar refractivity (Wildman–Crippen MR) is 203 cm³/mol.